The predicted octanol–water partition coefficient (Wildman–Crippen LogP) is 2.06. The molecule has 3 nitrogen and oxygen atoms in total. The van der Waals surface area contributed by atoms with Crippen molar-refractivity contribution in [3.05, 3.63) is 23.1 Å². The number of benzene rings is 1. The molecule has 0 saturated carbocycles. The number of phenols is 1. The van der Waals surface area contributed by atoms with Crippen LogP contribution >= 0.6 is 11.3 Å². The summed E-state index contributed by atoms with van der Waals surface area (Å²) < 4.78 is 0.677. The van der Waals surface area contributed by atoms with E-state index in [1.807, 2.05) is 17.5 Å². The molecule has 0 unspecified atom stereocenters. The molecule has 64 valence electrons. The normalized spacial score (nSPS) is 10.1. The van der Waals surface area contributed by atoms with E-state index in [0.29, 0.717) is 10.4 Å². The molecule has 1 heterocycles. The van der Waals surface area contributed by atoms with Gasteiger partial charge in [-0.2, -0.15) is 5.26 Å². The highest BCUT2D eigenvalue weighted by atomic mass is 32.1. The molecule has 13 heavy (non-hydrogen) atoms. The molecule has 0 atom stereocenters. The maximum atomic E-state index is 9.60. The van der Waals surface area contributed by atoms with Crippen molar-refractivity contribution in [1.82, 2.24) is 0 Å². The lowest BCUT2D eigenvalue weighted by molar-refractivity contribution is 0.481. The van der Waals surface area contributed by atoms with E-state index >= 15 is 0 Å². The van der Waals surface area contributed by atoms with Crippen LogP contribution in [-0.2, 0) is 0 Å². The van der Waals surface area contributed by atoms with E-state index in [1.54, 1.807) is 0 Å². The van der Waals surface area contributed by atoms with Crippen molar-refractivity contribution in [2.45, 2.75) is 0 Å². The van der Waals surface area contributed by atoms with Crippen LogP contribution in [0.25, 0.3) is 10.1 Å². The van der Waals surface area contributed by atoms with E-state index in [9.17, 15) is 5.11 Å². The SMILES string of the molecule is N#Cc1cc(N)c2ccsc2c1O. The van der Waals surface area contributed by atoms with Crippen molar-refractivity contribution in [3.63, 3.8) is 0 Å². The van der Waals surface area contributed by atoms with Crippen molar-refractivity contribution < 1.29 is 5.11 Å². The minimum Gasteiger partial charge on any atom is -0.505 e. The van der Waals surface area contributed by atoms with E-state index in [1.165, 1.54) is 17.4 Å². The quantitative estimate of drug-likeness (QED) is 0.493. The zero-order valence-corrected chi connectivity index (χ0v) is 7.43. The highest BCUT2D eigenvalue weighted by molar-refractivity contribution is 7.17. The third-order valence-electron chi connectivity index (χ3n) is 1.87. The number of fused-ring (bicyclic) bond motifs is 1. The molecular weight excluding hydrogens is 184 g/mol. The average molecular weight is 190 g/mol. The van der Waals surface area contributed by atoms with E-state index < -0.39 is 0 Å². The molecule has 1 aromatic heterocycles. The highest BCUT2D eigenvalue weighted by Gasteiger charge is 2.09. The van der Waals surface area contributed by atoms with Gasteiger partial charge in [0.05, 0.1) is 10.3 Å². The topological polar surface area (TPSA) is 70.0 Å². The summed E-state index contributed by atoms with van der Waals surface area (Å²) in [5, 5.41) is 20.9. The first-order chi connectivity index (χ1) is 6.24. The van der Waals surface area contributed by atoms with Gasteiger partial charge < -0.3 is 10.8 Å². The first-order valence-electron chi connectivity index (χ1n) is 3.63. The molecular formula is C9H6N2OS. The van der Waals surface area contributed by atoms with Gasteiger partial charge in [0.25, 0.3) is 0 Å². The molecule has 3 N–H and O–H groups in total. The summed E-state index contributed by atoms with van der Waals surface area (Å²) in [7, 11) is 0. The second-order valence-corrected chi connectivity index (χ2v) is 3.55. The first-order valence-corrected chi connectivity index (χ1v) is 4.50. The summed E-state index contributed by atoms with van der Waals surface area (Å²) in [5.41, 5.74) is 6.45. The number of nitriles is 1. The summed E-state index contributed by atoms with van der Waals surface area (Å²) in [6, 6.07) is 5.21. The van der Waals surface area contributed by atoms with Crippen molar-refractivity contribution in [1.29, 1.82) is 5.26 Å². The fourth-order valence-corrected chi connectivity index (χ4v) is 2.10. The van der Waals surface area contributed by atoms with Crippen LogP contribution in [-0.4, -0.2) is 5.11 Å². The Morgan fingerprint density at radius 3 is 3.00 bits per heavy atom. The van der Waals surface area contributed by atoms with Gasteiger partial charge in [0, 0.05) is 11.1 Å². The molecule has 0 radical (unpaired) electrons. The van der Waals surface area contributed by atoms with Gasteiger partial charge in [-0.25, -0.2) is 0 Å². The number of rotatable bonds is 0. The molecule has 1 aromatic carbocycles. The number of nitrogens with zero attached hydrogens (tertiary/aromatic N) is 1. The predicted molar refractivity (Wildman–Crippen MR) is 52.6 cm³/mol. The molecule has 0 aliphatic carbocycles. The van der Waals surface area contributed by atoms with Crippen LogP contribution in [0.5, 0.6) is 5.75 Å². The Morgan fingerprint density at radius 2 is 2.31 bits per heavy atom. The molecule has 0 aliphatic heterocycles. The Labute approximate surface area is 78.6 Å². The van der Waals surface area contributed by atoms with Gasteiger partial charge in [0.1, 0.15) is 6.07 Å². The summed E-state index contributed by atoms with van der Waals surface area (Å²) in [5.74, 6) is 0.0294. The molecule has 0 saturated heterocycles. The third-order valence-corrected chi connectivity index (χ3v) is 2.79. The van der Waals surface area contributed by atoms with Crippen LogP contribution in [0.4, 0.5) is 5.69 Å². The standard InChI is InChI=1S/C9H6N2OS/c10-4-5-3-7(11)6-1-2-13-9(6)8(5)12/h1-3,12H,11H2. The molecule has 2 aromatic rings. The Morgan fingerprint density at radius 1 is 1.54 bits per heavy atom. The molecule has 4 heteroatoms. The summed E-state index contributed by atoms with van der Waals surface area (Å²) in [6.07, 6.45) is 0. The molecule has 0 fully saturated rings. The second-order valence-electron chi connectivity index (χ2n) is 2.64. The fourth-order valence-electron chi connectivity index (χ4n) is 1.23. The number of aromatic hydroxyl groups is 1. The first kappa shape index (κ1) is 7.90. The van der Waals surface area contributed by atoms with Crippen molar-refractivity contribution in [3.8, 4) is 11.8 Å². The van der Waals surface area contributed by atoms with Gasteiger partial charge >= 0.3 is 0 Å². The van der Waals surface area contributed by atoms with Crippen molar-refractivity contribution >= 4 is 27.1 Å². The number of thiophene rings is 1. The minimum absolute atomic E-state index is 0.0294. The van der Waals surface area contributed by atoms with Crippen molar-refractivity contribution in [2.24, 2.45) is 0 Å². The summed E-state index contributed by atoms with van der Waals surface area (Å²) in [6.45, 7) is 0. The molecule has 0 amide bonds. The lowest BCUT2D eigenvalue weighted by atomic mass is 10.1. The number of anilines is 1. The Bertz CT molecular complexity index is 510. The van der Waals surface area contributed by atoms with Crippen LogP contribution in [0.3, 0.4) is 0 Å². The van der Waals surface area contributed by atoms with Gasteiger partial charge in [-0.05, 0) is 17.5 Å². The van der Waals surface area contributed by atoms with E-state index in [4.69, 9.17) is 11.0 Å². The monoisotopic (exact) mass is 190 g/mol. The summed E-state index contributed by atoms with van der Waals surface area (Å²) >= 11 is 1.38. The van der Waals surface area contributed by atoms with Crippen molar-refractivity contribution in [2.75, 3.05) is 5.73 Å². The number of hydrogen-bond donors (Lipinski definition) is 2. The van der Waals surface area contributed by atoms with Gasteiger partial charge in [0.2, 0.25) is 0 Å². The van der Waals surface area contributed by atoms with Gasteiger partial charge in [-0.15, -0.1) is 11.3 Å². The van der Waals surface area contributed by atoms with Crippen LogP contribution in [0.15, 0.2) is 17.5 Å². The molecule has 0 spiro atoms. The lowest BCUT2D eigenvalue weighted by Crippen LogP contribution is -1.87. The molecule has 0 bridgehead atoms. The van der Waals surface area contributed by atoms with Gasteiger partial charge in [-0.3, -0.25) is 0 Å². The molecule has 0 aliphatic rings. The molecule has 2 rings (SSSR count). The number of nitrogens with two attached hydrogens (primary N) is 1. The van der Waals surface area contributed by atoms with Crippen LogP contribution < -0.4 is 5.73 Å². The van der Waals surface area contributed by atoms with E-state index in [2.05, 4.69) is 0 Å². The largest absolute Gasteiger partial charge is 0.505 e. The van der Waals surface area contributed by atoms with E-state index in [0.717, 1.165) is 5.39 Å². The lowest BCUT2D eigenvalue weighted by Gasteiger charge is -2.00. The minimum atomic E-state index is 0.0294. The number of hydrogen-bond acceptors (Lipinski definition) is 4. The Kier molecular flexibility index (Phi) is 1.61. The second kappa shape index (κ2) is 2.64. The number of phenolic OH excluding ortho intramolecular Hbond substituents is 1. The van der Waals surface area contributed by atoms with Gasteiger partial charge in [-0.1, -0.05) is 0 Å². The zero-order valence-electron chi connectivity index (χ0n) is 6.61. The van der Waals surface area contributed by atoms with Crippen LogP contribution in [0, 0.1) is 11.3 Å². The van der Waals surface area contributed by atoms with E-state index in [-0.39, 0.29) is 11.3 Å². The van der Waals surface area contributed by atoms with Crippen LogP contribution in [0.2, 0.25) is 0 Å². The van der Waals surface area contributed by atoms with Gasteiger partial charge in [0.15, 0.2) is 5.75 Å². The smallest absolute Gasteiger partial charge is 0.151 e. The summed E-state index contributed by atoms with van der Waals surface area (Å²) in [4.78, 5) is 0. The Hall–Kier alpha value is -1.73. The zero-order chi connectivity index (χ0) is 9.42. The van der Waals surface area contributed by atoms with Crippen LogP contribution in [0.1, 0.15) is 5.56 Å². The third kappa shape index (κ3) is 1.02. The Balaban J connectivity index is 2.95. The highest BCUT2D eigenvalue weighted by Crippen LogP contribution is 2.36. The average Bonchev–Trinajstić information content (AvgIpc) is 2.60. The maximum absolute atomic E-state index is 9.60. The number of nitrogen functional groups attached to an aromatic ring is 1. The fraction of sp³-hybridized carbons (Fsp3) is 0. The maximum Gasteiger partial charge on any atom is 0.151 e.